The maximum Gasteiger partial charge on any atom is 0.154 e. The van der Waals surface area contributed by atoms with Gasteiger partial charge in [0.2, 0.25) is 0 Å². The van der Waals surface area contributed by atoms with E-state index in [1.165, 1.54) is 16.8 Å². The first-order valence-corrected chi connectivity index (χ1v) is 8.83. The third kappa shape index (κ3) is 3.30. The molecule has 1 fully saturated rings. The van der Waals surface area contributed by atoms with E-state index in [4.69, 9.17) is 0 Å². The lowest BCUT2D eigenvalue weighted by atomic mass is 10.1. The van der Waals surface area contributed by atoms with Crippen LogP contribution in [0.15, 0.2) is 42.9 Å². The molecule has 1 aliphatic rings. The second kappa shape index (κ2) is 6.72. The Balaban J connectivity index is 1.62. The molecule has 2 aromatic heterocycles. The molecule has 1 aliphatic heterocycles. The second-order valence-corrected chi connectivity index (χ2v) is 6.65. The topological polar surface area (TPSA) is 57.5 Å². The number of benzene rings is 1. The molecule has 6 heteroatoms. The van der Waals surface area contributed by atoms with E-state index in [0.29, 0.717) is 0 Å². The van der Waals surface area contributed by atoms with E-state index >= 15 is 0 Å². The molecule has 1 atom stereocenters. The van der Waals surface area contributed by atoms with Crippen LogP contribution < -0.4 is 15.5 Å². The molecule has 0 spiro atoms. The molecule has 0 bridgehead atoms. The number of nitrogens with one attached hydrogen (secondary N) is 2. The normalized spacial score (nSPS) is 16.2. The van der Waals surface area contributed by atoms with Crippen LogP contribution in [-0.4, -0.2) is 40.8 Å². The van der Waals surface area contributed by atoms with Crippen LogP contribution in [0.3, 0.4) is 0 Å². The summed E-state index contributed by atoms with van der Waals surface area (Å²) in [6.07, 6.45) is 3.70. The number of hydrogen-bond acceptors (Lipinski definition) is 5. The predicted octanol–water partition coefficient (Wildman–Crippen LogP) is 2.62. The van der Waals surface area contributed by atoms with E-state index in [-0.39, 0.29) is 6.04 Å². The summed E-state index contributed by atoms with van der Waals surface area (Å²) in [6.45, 7) is 8.36. The Morgan fingerprint density at radius 3 is 2.84 bits per heavy atom. The fraction of sp³-hybridized carbons (Fsp3) is 0.368. The van der Waals surface area contributed by atoms with Crippen molar-refractivity contribution >= 4 is 17.0 Å². The molecule has 1 aromatic carbocycles. The van der Waals surface area contributed by atoms with Gasteiger partial charge in [0.15, 0.2) is 5.82 Å². The first-order chi connectivity index (χ1) is 12.2. The molecule has 130 valence electrons. The van der Waals surface area contributed by atoms with E-state index < -0.39 is 0 Å². The average molecular weight is 336 g/mol. The Kier molecular flexibility index (Phi) is 4.28. The highest BCUT2D eigenvalue weighted by molar-refractivity contribution is 5.73. The Bertz CT molecular complexity index is 865. The van der Waals surface area contributed by atoms with Crippen molar-refractivity contribution in [1.29, 1.82) is 0 Å². The minimum atomic E-state index is 0.177. The van der Waals surface area contributed by atoms with Gasteiger partial charge in [-0.2, -0.15) is 5.10 Å². The molecule has 0 radical (unpaired) electrons. The summed E-state index contributed by atoms with van der Waals surface area (Å²) in [7, 11) is 0. The van der Waals surface area contributed by atoms with Crippen molar-refractivity contribution < 1.29 is 0 Å². The van der Waals surface area contributed by atoms with Gasteiger partial charge in [0.05, 0.1) is 17.9 Å². The van der Waals surface area contributed by atoms with Gasteiger partial charge in [0, 0.05) is 26.2 Å². The molecule has 0 amide bonds. The van der Waals surface area contributed by atoms with Crippen molar-refractivity contribution in [2.24, 2.45) is 0 Å². The van der Waals surface area contributed by atoms with E-state index in [2.05, 4.69) is 76.0 Å². The molecule has 4 rings (SSSR count). The highest BCUT2D eigenvalue weighted by Crippen LogP contribution is 2.26. The molecular formula is C19H24N6. The molecule has 1 saturated heterocycles. The van der Waals surface area contributed by atoms with Crippen molar-refractivity contribution in [3.05, 3.63) is 54.0 Å². The summed E-state index contributed by atoms with van der Waals surface area (Å²) in [4.78, 5) is 6.87. The number of anilines is 2. The summed E-state index contributed by atoms with van der Waals surface area (Å²) in [5.41, 5.74) is 4.73. The van der Waals surface area contributed by atoms with Gasteiger partial charge >= 0.3 is 0 Å². The van der Waals surface area contributed by atoms with Crippen LogP contribution in [0.4, 0.5) is 11.5 Å². The highest BCUT2D eigenvalue weighted by Gasteiger charge is 2.15. The molecule has 0 unspecified atom stereocenters. The molecule has 25 heavy (non-hydrogen) atoms. The number of rotatable bonds is 4. The van der Waals surface area contributed by atoms with Crippen molar-refractivity contribution in [3.8, 4) is 0 Å². The second-order valence-electron chi connectivity index (χ2n) is 6.65. The van der Waals surface area contributed by atoms with Crippen molar-refractivity contribution in [3.63, 3.8) is 0 Å². The Hall–Kier alpha value is -2.60. The Morgan fingerprint density at radius 1 is 1.20 bits per heavy atom. The molecular weight excluding hydrogens is 312 g/mol. The molecule has 3 aromatic rings. The van der Waals surface area contributed by atoms with Crippen LogP contribution in [0.25, 0.3) is 5.52 Å². The monoisotopic (exact) mass is 336 g/mol. The predicted molar refractivity (Wildman–Crippen MR) is 101 cm³/mol. The summed E-state index contributed by atoms with van der Waals surface area (Å²) in [5, 5.41) is 11.3. The van der Waals surface area contributed by atoms with Gasteiger partial charge < -0.3 is 15.5 Å². The van der Waals surface area contributed by atoms with Crippen LogP contribution in [0, 0.1) is 6.92 Å². The Labute approximate surface area is 147 Å². The summed E-state index contributed by atoms with van der Waals surface area (Å²) in [6, 6.07) is 10.9. The third-order valence-electron chi connectivity index (χ3n) is 4.77. The molecule has 2 N–H and O–H groups in total. The van der Waals surface area contributed by atoms with Gasteiger partial charge in [-0.25, -0.2) is 9.50 Å². The van der Waals surface area contributed by atoms with Crippen LogP contribution in [0.5, 0.6) is 0 Å². The summed E-state index contributed by atoms with van der Waals surface area (Å²) in [5.74, 6) is 0.866. The maximum atomic E-state index is 4.48. The van der Waals surface area contributed by atoms with Crippen molar-refractivity contribution in [2.75, 3.05) is 36.4 Å². The van der Waals surface area contributed by atoms with Gasteiger partial charge in [0.1, 0.15) is 11.8 Å². The van der Waals surface area contributed by atoms with Crippen LogP contribution in [0.1, 0.15) is 24.1 Å². The lowest BCUT2D eigenvalue weighted by Gasteiger charge is -2.28. The SMILES string of the molecule is Cc1cccc([C@@H](C)Nc2ncnn3cc(N4CCNCC4)cc23)c1. The number of aryl methyl sites for hydroxylation is 1. The zero-order valence-corrected chi connectivity index (χ0v) is 14.7. The summed E-state index contributed by atoms with van der Waals surface area (Å²) >= 11 is 0. The lowest BCUT2D eigenvalue weighted by molar-refractivity contribution is 0.589. The van der Waals surface area contributed by atoms with Crippen LogP contribution in [0.2, 0.25) is 0 Å². The van der Waals surface area contributed by atoms with Gasteiger partial charge in [-0.05, 0) is 25.5 Å². The largest absolute Gasteiger partial charge is 0.368 e. The summed E-state index contributed by atoms with van der Waals surface area (Å²) < 4.78 is 1.91. The number of aromatic nitrogens is 3. The smallest absolute Gasteiger partial charge is 0.154 e. The quantitative estimate of drug-likeness (QED) is 0.767. The number of nitrogens with zero attached hydrogens (tertiary/aromatic N) is 4. The maximum absolute atomic E-state index is 4.48. The van der Waals surface area contributed by atoms with E-state index in [1.807, 2.05) is 4.52 Å². The van der Waals surface area contributed by atoms with E-state index in [0.717, 1.165) is 37.5 Å². The minimum absolute atomic E-state index is 0.177. The number of hydrogen-bond donors (Lipinski definition) is 2. The van der Waals surface area contributed by atoms with Crippen molar-refractivity contribution in [1.82, 2.24) is 19.9 Å². The van der Waals surface area contributed by atoms with Gasteiger partial charge in [0.25, 0.3) is 0 Å². The third-order valence-corrected chi connectivity index (χ3v) is 4.77. The Morgan fingerprint density at radius 2 is 2.04 bits per heavy atom. The number of fused-ring (bicyclic) bond motifs is 1. The van der Waals surface area contributed by atoms with Crippen molar-refractivity contribution in [2.45, 2.75) is 19.9 Å². The first-order valence-electron chi connectivity index (χ1n) is 8.83. The van der Waals surface area contributed by atoms with E-state index in [1.54, 1.807) is 6.33 Å². The first kappa shape index (κ1) is 15.9. The van der Waals surface area contributed by atoms with Crippen LogP contribution >= 0.6 is 0 Å². The molecule has 6 nitrogen and oxygen atoms in total. The fourth-order valence-electron chi connectivity index (χ4n) is 3.35. The average Bonchev–Trinajstić information content (AvgIpc) is 3.08. The van der Waals surface area contributed by atoms with Crippen LogP contribution in [-0.2, 0) is 0 Å². The highest BCUT2D eigenvalue weighted by atomic mass is 15.3. The zero-order valence-electron chi connectivity index (χ0n) is 14.7. The zero-order chi connectivity index (χ0) is 17.2. The minimum Gasteiger partial charge on any atom is -0.368 e. The van der Waals surface area contributed by atoms with E-state index in [9.17, 15) is 0 Å². The van der Waals surface area contributed by atoms with Gasteiger partial charge in [-0.1, -0.05) is 29.8 Å². The lowest BCUT2D eigenvalue weighted by Crippen LogP contribution is -2.43. The van der Waals surface area contributed by atoms with Gasteiger partial charge in [-0.15, -0.1) is 0 Å². The molecule has 0 aliphatic carbocycles. The number of piperazine rings is 1. The van der Waals surface area contributed by atoms with Gasteiger partial charge in [-0.3, -0.25) is 0 Å². The molecule has 0 saturated carbocycles. The fourth-order valence-corrected chi connectivity index (χ4v) is 3.35. The standard InChI is InChI=1S/C19H24N6/c1-14-4-3-5-16(10-14)15(2)23-19-18-11-17(12-25(18)22-13-21-19)24-8-6-20-7-9-24/h3-5,10-13,15,20H,6-9H2,1-2H3,(H,21,22,23)/t15-/m1/s1. The molecule has 3 heterocycles.